The van der Waals surface area contributed by atoms with Crippen molar-refractivity contribution in [1.29, 1.82) is 0 Å². The van der Waals surface area contributed by atoms with E-state index < -0.39 is 17.9 Å². The zero-order chi connectivity index (χ0) is 25.5. The highest BCUT2D eigenvalue weighted by Crippen LogP contribution is 2.33. The maximum atomic E-state index is 13.8. The lowest BCUT2D eigenvalue weighted by Gasteiger charge is -2.34. The van der Waals surface area contributed by atoms with E-state index in [1.165, 1.54) is 17.2 Å². The predicted molar refractivity (Wildman–Crippen MR) is 136 cm³/mol. The highest BCUT2D eigenvalue weighted by Gasteiger charge is 2.35. The fourth-order valence-electron chi connectivity index (χ4n) is 4.49. The molecule has 8 nitrogen and oxygen atoms in total. The van der Waals surface area contributed by atoms with Crippen molar-refractivity contribution < 1.29 is 23.5 Å². The van der Waals surface area contributed by atoms with Gasteiger partial charge in [-0.15, -0.1) is 0 Å². The van der Waals surface area contributed by atoms with Gasteiger partial charge in [-0.05, 0) is 55.5 Å². The van der Waals surface area contributed by atoms with Crippen molar-refractivity contribution in [3.8, 4) is 0 Å². The molecule has 0 aliphatic carbocycles. The molecule has 2 unspecified atom stereocenters. The van der Waals surface area contributed by atoms with Gasteiger partial charge in [0.2, 0.25) is 11.8 Å². The van der Waals surface area contributed by atoms with Crippen LogP contribution in [-0.2, 0) is 14.3 Å². The van der Waals surface area contributed by atoms with Crippen molar-refractivity contribution in [3.05, 3.63) is 89.4 Å². The third-order valence-corrected chi connectivity index (χ3v) is 6.24. The summed E-state index contributed by atoms with van der Waals surface area (Å²) >= 11 is 0. The summed E-state index contributed by atoms with van der Waals surface area (Å²) in [6, 6.07) is 17.1. The molecule has 2 N–H and O–H groups in total. The number of furan rings is 1. The maximum Gasteiger partial charge on any atom is 0.287 e. The summed E-state index contributed by atoms with van der Waals surface area (Å²) in [5, 5.41) is 5.61. The van der Waals surface area contributed by atoms with Gasteiger partial charge >= 0.3 is 0 Å². The molecule has 4 rings (SSSR count). The third kappa shape index (κ3) is 5.83. The first-order valence-corrected chi connectivity index (χ1v) is 12.1. The fraction of sp³-hybridized carbons (Fsp3) is 0.321. The first-order valence-electron chi connectivity index (χ1n) is 12.1. The van der Waals surface area contributed by atoms with Gasteiger partial charge in [0.1, 0.15) is 6.04 Å². The molecule has 0 radical (unpaired) electrons. The van der Waals surface area contributed by atoms with Gasteiger partial charge in [-0.1, -0.05) is 48.5 Å². The van der Waals surface area contributed by atoms with Crippen molar-refractivity contribution in [2.75, 3.05) is 24.6 Å². The molecule has 1 saturated heterocycles. The van der Waals surface area contributed by atoms with E-state index in [1.807, 2.05) is 62.4 Å². The Morgan fingerprint density at radius 3 is 2.36 bits per heavy atom. The normalized spacial score (nSPS) is 15.8. The van der Waals surface area contributed by atoms with Gasteiger partial charge in [-0.25, -0.2) is 0 Å². The number of anilines is 1. The number of aryl methyl sites for hydroxylation is 2. The van der Waals surface area contributed by atoms with E-state index >= 15 is 0 Å². The molecule has 36 heavy (non-hydrogen) atoms. The van der Waals surface area contributed by atoms with E-state index in [0.29, 0.717) is 24.4 Å². The summed E-state index contributed by atoms with van der Waals surface area (Å²) in [6.07, 6.45) is 3.20. The lowest BCUT2D eigenvalue weighted by atomic mass is 9.99. The number of rotatable bonds is 9. The molecule has 3 amide bonds. The summed E-state index contributed by atoms with van der Waals surface area (Å²) in [7, 11) is 0. The number of ether oxygens (including phenoxy) is 1. The Balaban J connectivity index is 1.68. The predicted octanol–water partition coefficient (Wildman–Crippen LogP) is 3.70. The van der Waals surface area contributed by atoms with Crippen LogP contribution in [0.4, 0.5) is 5.69 Å². The van der Waals surface area contributed by atoms with Crippen LogP contribution in [0, 0.1) is 13.8 Å². The van der Waals surface area contributed by atoms with Crippen LogP contribution in [0.15, 0.2) is 71.3 Å². The molecule has 0 saturated carbocycles. The van der Waals surface area contributed by atoms with Gasteiger partial charge < -0.3 is 19.8 Å². The summed E-state index contributed by atoms with van der Waals surface area (Å²) in [5.74, 6) is -1.14. The summed E-state index contributed by atoms with van der Waals surface area (Å²) in [4.78, 5) is 41.4. The van der Waals surface area contributed by atoms with Crippen LogP contribution in [0.25, 0.3) is 0 Å². The quantitative estimate of drug-likeness (QED) is 0.477. The monoisotopic (exact) mass is 489 g/mol. The molecule has 188 valence electrons. The topological polar surface area (TPSA) is 101 Å². The standard InChI is InChI=1S/C28H31N3O5/c1-19-9-6-10-20(2)25(19)31(24(32)18-30-27(33)23-14-8-16-36-23)26(21-11-4-3-5-12-21)28(34)29-17-22-13-7-15-35-22/h3-6,8-12,14,16,22,26H,7,13,15,17-18H2,1-2H3,(H,29,34)(H,30,33). The molecule has 1 aliphatic heterocycles. The minimum Gasteiger partial charge on any atom is -0.459 e. The Labute approximate surface area is 210 Å². The second-order valence-electron chi connectivity index (χ2n) is 8.86. The largest absolute Gasteiger partial charge is 0.459 e. The van der Waals surface area contributed by atoms with Crippen LogP contribution < -0.4 is 15.5 Å². The Morgan fingerprint density at radius 1 is 0.972 bits per heavy atom. The average molecular weight is 490 g/mol. The van der Waals surface area contributed by atoms with E-state index in [4.69, 9.17) is 9.15 Å². The second kappa shape index (κ2) is 11.7. The number of carbonyl (C=O) groups excluding carboxylic acids is 3. The summed E-state index contributed by atoms with van der Waals surface area (Å²) in [5.41, 5.74) is 2.98. The van der Waals surface area contributed by atoms with Gasteiger partial charge in [0, 0.05) is 13.2 Å². The molecular formula is C28H31N3O5. The minimum atomic E-state index is -0.944. The summed E-state index contributed by atoms with van der Waals surface area (Å²) in [6.45, 7) is 4.54. The number of nitrogens with zero attached hydrogens (tertiary/aromatic N) is 1. The van der Waals surface area contributed by atoms with Gasteiger partial charge in [-0.3, -0.25) is 19.3 Å². The Kier molecular flexibility index (Phi) is 8.17. The van der Waals surface area contributed by atoms with Gasteiger partial charge in [0.05, 0.1) is 24.6 Å². The first-order chi connectivity index (χ1) is 17.5. The van der Waals surface area contributed by atoms with Crippen LogP contribution in [-0.4, -0.2) is 43.5 Å². The molecule has 3 aromatic rings. The molecule has 0 spiro atoms. The van der Waals surface area contributed by atoms with Crippen molar-refractivity contribution in [2.24, 2.45) is 0 Å². The molecule has 2 atom stereocenters. The van der Waals surface area contributed by atoms with Crippen LogP contribution in [0.1, 0.15) is 46.1 Å². The van der Waals surface area contributed by atoms with Crippen molar-refractivity contribution in [1.82, 2.24) is 10.6 Å². The number of para-hydroxylation sites is 1. The number of benzene rings is 2. The second-order valence-corrected chi connectivity index (χ2v) is 8.86. The molecule has 1 aliphatic rings. The maximum absolute atomic E-state index is 13.8. The van der Waals surface area contributed by atoms with E-state index in [1.54, 1.807) is 6.07 Å². The van der Waals surface area contributed by atoms with Crippen LogP contribution in [0.3, 0.4) is 0 Å². The molecule has 2 aromatic carbocycles. The van der Waals surface area contributed by atoms with Crippen LogP contribution in [0.5, 0.6) is 0 Å². The summed E-state index contributed by atoms with van der Waals surface area (Å²) < 4.78 is 10.8. The van der Waals surface area contributed by atoms with Gasteiger partial charge in [0.15, 0.2) is 5.76 Å². The molecule has 0 bridgehead atoms. The number of nitrogens with one attached hydrogen (secondary N) is 2. The Morgan fingerprint density at radius 2 is 1.72 bits per heavy atom. The average Bonchev–Trinajstić information content (AvgIpc) is 3.60. The zero-order valence-corrected chi connectivity index (χ0v) is 20.5. The van der Waals surface area contributed by atoms with Gasteiger partial charge in [-0.2, -0.15) is 0 Å². The smallest absolute Gasteiger partial charge is 0.287 e. The molecule has 2 heterocycles. The van der Waals surface area contributed by atoms with Crippen LogP contribution in [0.2, 0.25) is 0 Å². The van der Waals surface area contributed by atoms with Crippen molar-refractivity contribution in [3.63, 3.8) is 0 Å². The third-order valence-electron chi connectivity index (χ3n) is 6.24. The molecule has 1 fully saturated rings. The van der Waals surface area contributed by atoms with E-state index in [9.17, 15) is 14.4 Å². The first kappa shape index (κ1) is 25.2. The highest BCUT2D eigenvalue weighted by atomic mass is 16.5. The van der Waals surface area contributed by atoms with Gasteiger partial charge in [0.25, 0.3) is 5.91 Å². The zero-order valence-electron chi connectivity index (χ0n) is 20.5. The molecule has 8 heteroatoms. The minimum absolute atomic E-state index is 0.0395. The lowest BCUT2D eigenvalue weighted by Crippen LogP contribution is -2.49. The fourth-order valence-corrected chi connectivity index (χ4v) is 4.49. The van der Waals surface area contributed by atoms with Crippen molar-refractivity contribution >= 4 is 23.4 Å². The Bertz CT molecular complexity index is 1170. The lowest BCUT2D eigenvalue weighted by molar-refractivity contribution is -0.126. The Hall–Kier alpha value is -3.91. The number of carbonyl (C=O) groups is 3. The molecule has 1 aromatic heterocycles. The highest BCUT2D eigenvalue weighted by molar-refractivity contribution is 6.05. The SMILES string of the molecule is Cc1cccc(C)c1N(C(=O)CNC(=O)c1ccco1)C(C(=O)NCC1CCCO1)c1ccccc1. The van der Waals surface area contributed by atoms with E-state index in [2.05, 4.69) is 10.6 Å². The van der Waals surface area contributed by atoms with E-state index in [-0.39, 0.29) is 24.3 Å². The van der Waals surface area contributed by atoms with Crippen LogP contribution >= 0.6 is 0 Å². The number of hydrogen-bond acceptors (Lipinski definition) is 5. The van der Waals surface area contributed by atoms with Crippen molar-refractivity contribution in [2.45, 2.75) is 38.8 Å². The number of hydrogen-bond donors (Lipinski definition) is 2. The van der Waals surface area contributed by atoms with E-state index in [0.717, 1.165) is 24.0 Å². The molecular weight excluding hydrogens is 458 g/mol. The number of amides is 3.